The molecular formula is C21H20ClN3O3S. The molecule has 0 spiro atoms. The van der Waals surface area contributed by atoms with Crippen LogP contribution in [0.1, 0.15) is 11.1 Å². The fourth-order valence-corrected chi connectivity index (χ4v) is 4.45. The minimum atomic E-state index is -4.00. The normalized spacial score (nSPS) is 11.1. The quantitative estimate of drug-likeness (QED) is 0.622. The van der Waals surface area contributed by atoms with Gasteiger partial charge in [-0.3, -0.25) is 14.1 Å². The fraction of sp³-hybridized carbons (Fsp3) is 0.143. The summed E-state index contributed by atoms with van der Waals surface area (Å²) in [6, 6.07) is 16.6. The minimum absolute atomic E-state index is 0.0811. The van der Waals surface area contributed by atoms with Gasteiger partial charge in [0.1, 0.15) is 6.54 Å². The van der Waals surface area contributed by atoms with Crippen molar-refractivity contribution in [1.82, 2.24) is 10.3 Å². The lowest BCUT2D eigenvalue weighted by Gasteiger charge is -2.25. The van der Waals surface area contributed by atoms with E-state index in [2.05, 4.69) is 10.3 Å². The number of nitrogens with zero attached hydrogens (tertiary/aromatic N) is 2. The molecule has 0 aliphatic heterocycles. The number of aryl methyl sites for hydroxylation is 1. The van der Waals surface area contributed by atoms with E-state index in [9.17, 15) is 13.2 Å². The van der Waals surface area contributed by atoms with Crippen molar-refractivity contribution in [2.24, 2.45) is 0 Å². The summed E-state index contributed by atoms with van der Waals surface area (Å²) in [5.41, 5.74) is 1.90. The number of benzene rings is 2. The number of carbonyl (C=O) groups is 1. The summed E-state index contributed by atoms with van der Waals surface area (Å²) in [6.45, 7) is 1.67. The van der Waals surface area contributed by atoms with E-state index < -0.39 is 22.5 Å². The molecule has 0 saturated heterocycles. The summed E-state index contributed by atoms with van der Waals surface area (Å²) in [6.07, 6.45) is 3.27. The SMILES string of the molecule is Cc1ccc(Cl)c(N(CC(=O)NCc2cccnc2)S(=O)(=O)c2ccccc2)c1. The molecule has 0 unspecified atom stereocenters. The molecule has 0 saturated carbocycles. The van der Waals surface area contributed by atoms with Crippen LogP contribution in [0.4, 0.5) is 5.69 Å². The van der Waals surface area contributed by atoms with Gasteiger partial charge in [0.15, 0.2) is 0 Å². The highest BCUT2D eigenvalue weighted by Crippen LogP contribution is 2.31. The Bertz CT molecular complexity index is 1090. The van der Waals surface area contributed by atoms with Crippen molar-refractivity contribution >= 4 is 33.2 Å². The summed E-state index contributed by atoms with van der Waals surface area (Å²) in [5, 5.41) is 2.97. The Kier molecular flexibility index (Phi) is 6.51. The molecule has 0 fully saturated rings. The van der Waals surface area contributed by atoms with Crippen LogP contribution in [0, 0.1) is 6.92 Å². The molecule has 2 aromatic carbocycles. The van der Waals surface area contributed by atoms with Crippen molar-refractivity contribution in [2.45, 2.75) is 18.4 Å². The number of amides is 1. The van der Waals surface area contributed by atoms with Crippen LogP contribution < -0.4 is 9.62 Å². The zero-order chi connectivity index (χ0) is 20.9. The van der Waals surface area contributed by atoms with Crippen LogP contribution >= 0.6 is 11.6 Å². The molecule has 150 valence electrons. The van der Waals surface area contributed by atoms with Crippen molar-refractivity contribution in [3.63, 3.8) is 0 Å². The van der Waals surface area contributed by atoms with Gasteiger partial charge in [-0.2, -0.15) is 0 Å². The molecule has 29 heavy (non-hydrogen) atoms. The molecule has 3 rings (SSSR count). The third-order valence-corrected chi connectivity index (χ3v) is 6.29. The number of aromatic nitrogens is 1. The molecule has 0 atom stereocenters. The maximum absolute atomic E-state index is 13.3. The maximum atomic E-state index is 13.3. The van der Waals surface area contributed by atoms with Crippen LogP contribution in [0.25, 0.3) is 0 Å². The molecule has 0 aliphatic rings. The number of sulfonamides is 1. The molecule has 0 bridgehead atoms. The van der Waals surface area contributed by atoms with Gasteiger partial charge < -0.3 is 5.32 Å². The number of nitrogens with one attached hydrogen (secondary N) is 1. The highest BCUT2D eigenvalue weighted by atomic mass is 35.5. The van der Waals surface area contributed by atoms with Crippen molar-refractivity contribution in [2.75, 3.05) is 10.8 Å². The van der Waals surface area contributed by atoms with E-state index >= 15 is 0 Å². The van der Waals surface area contributed by atoms with E-state index in [1.165, 1.54) is 12.1 Å². The van der Waals surface area contributed by atoms with Gasteiger partial charge in [0, 0.05) is 18.9 Å². The monoisotopic (exact) mass is 429 g/mol. The van der Waals surface area contributed by atoms with Crippen molar-refractivity contribution < 1.29 is 13.2 Å². The lowest BCUT2D eigenvalue weighted by atomic mass is 10.2. The van der Waals surface area contributed by atoms with Crippen molar-refractivity contribution in [3.8, 4) is 0 Å². The number of hydrogen-bond acceptors (Lipinski definition) is 4. The first-order chi connectivity index (χ1) is 13.9. The standard InChI is InChI=1S/C21H20ClN3O3S/c1-16-9-10-19(22)20(12-16)25(29(27,28)18-7-3-2-4-8-18)15-21(26)24-14-17-6-5-11-23-13-17/h2-13H,14-15H2,1H3,(H,24,26). The molecule has 1 heterocycles. The average Bonchev–Trinajstić information content (AvgIpc) is 2.73. The predicted molar refractivity (Wildman–Crippen MR) is 113 cm³/mol. The van der Waals surface area contributed by atoms with E-state index in [0.29, 0.717) is 0 Å². The number of rotatable bonds is 7. The third-order valence-electron chi connectivity index (χ3n) is 4.20. The summed E-state index contributed by atoms with van der Waals surface area (Å²) in [5.74, 6) is -0.453. The first kappa shape index (κ1) is 20.8. The molecule has 6 nitrogen and oxygen atoms in total. The minimum Gasteiger partial charge on any atom is -0.350 e. The number of halogens is 1. The Labute approximate surface area is 175 Å². The second kappa shape index (κ2) is 9.07. The Morgan fingerprint density at radius 1 is 1.10 bits per heavy atom. The first-order valence-corrected chi connectivity index (χ1v) is 10.7. The number of pyridine rings is 1. The number of carbonyl (C=O) groups excluding carboxylic acids is 1. The van der Waals surface area contributed by atoms with E-state index in [-0.39, 0.29) is 22.2 Å². The van der Waals surface area contributed by atoms with E-state index in [0.717, 1.165) is 15.4 Å². The summed E-state index contributed by atoms with van der Waals surface area (Å²) >= 11 is 6.29. The third kappa shape index (κ3) is 5.13. The largest absolute Gasteiger partial charge is 0.350 e. The van der Waals surface area contributed by atoms with E-state index in [4.69, 9.17) is 11.6 Å². The number of anilines is 1. The maximum Gasteiger partial charge on any atom is 0.264 e. The van der Waals surface area contributed by atoms with Crippen LogP contribution in [-0.4, -0.2) is 25.9 Å². The van der Waals surface area contributed by atoms with Crippen LogP contribution in [0.2, 0.25) is 5.02 Å². The fourth-order valence-electron chi connectivity index (χ4n) is 2.72. The van der Waals surface area contributed by atoms with Gasteiger partial charge in [-0.05, 0) is 48.4 Å². The molecule has 8 heteroatoms. The molecule has 3 aromatic rings. The van der Waals surface area contributed by atoms with Gasteiger partial charge >= 0.3 is 0 Å². The number of hydrogen-bond donors (Lipinski definition) is 1. The topological polar surface area (TPSA) is 79.4 Å². The molecule has 0 radical (unpaired) electrons. The van der Waals surface area contributed by atoms with Gasteiger partial charge in [0.25, 0.3) is 10.0 Å². The van der Waals surface area contributed by atoms with Crippen LogP contribution in [-0.2, 0) is 21.4 Å². The van der Waals surface area contributed by atoms with Crippen LogP contribution in [0.5, 0.6) is 0 Å². The second-order valence-electron chi connectivity index (χ2n) is 6.42. The Morgan fingerprint density at radius 3 is 2.55 bits per heavy atom. The first-order valence-electron chi connectivity index (χ1n) is 8.87. The highest BCUT2D eigenvalue weighted by Gasteiger charge is 2.28. The van der Waals surface area contributed by atoms with Crippen molar-refractivity contribution in [3.05, 3.63) is 89.2 Å². The summed E-state index contributed by atoms with van der Waals surface area (Å²) < 4.78 is 27.6. The Hall–Kier alpha value is -2.90. The van der Waals surface area contributed by atoms with Gasteiger partial charge in [-0.1, -0.05) is 41.9 Å². The average molecular weight is 430 g/mol. The Morgan fingerprint density at radius 2 is 1.86 bits per heavy atom. The van der Waals surface area contributed by atoms with Gasteiger partial charge in [-0.15, -0.1) is 0 Å². The molecule has 0 aliphatic carbocycles. The second-order valence-corrected chi connectivity index (χ2v) is 8.69. The van der Waals surface area contributed by atoms with Crippen molar-refractivity contribution in [1.29, 1.82) is 0 Å². The smallest absolute Gasteiger partial charge is 0.264 e. The Balaban J connectivity index is 1.91. The lowest BCUT2D eigenvalue weighted by molar-refractivity contribution is -0.119. The van der Waals surface area contributed by atoms with Crippen LogP contribution in [0.15, 0.2) is 78.0 Å². The van der Waals surface area contributed by atoms with Gasteiger partial charge in [0.2, 0.25) is 5.91 Å². The highest BCUT2D eigenvalue weighted by molar-refractivity contribution is 7.92. The van der Waals surface area contributed by atoms with E-state index in [1.54, 1.807) is 54.9 Å². The molecule has 1 N–H and O–H groups in total. The van der Waals surface area contributed by atoms with Crippen LogP contribution in [0.3, 0.4) is 0 Å². The van der Waals surface area contributed by atoms with Gasteiger partial charge in [-0.25, -0.2) is 8.42 Å². The lowest BCUT2D eigenvalue weighted by Crippen LogP contribution is -2.40. The van der Waals surface area contributed by atoms with E-state index in [1.807, 2.05) is 13.0 Å². The van der Waals surface area contributed by atoms with Gasteiger partial charge in [0.05, 0.1) is 15.6 Å². The molecule has 1 amide bonds. The summed E-state index contributed by atoms with van der Waals surface area (Å²) in [7, 11) is -4.00. The molecular weight excluding hydrogens is 410 g/mol. The molecule has 1 aromatic heterocycles. The summed E-state index contributed by atoms with van der Waals surface area (Å²) in [4.78, 5) is 16.7. The zero-order valence-electron chi connectivity index (χ0n) is 15.7. The predicted octanol–water partition coefficient (Wildman–Crippen LogP) is 3.56. The zero-order valence-corrected chi connectivity index (χ0v) is 17.3.